The van der Waals surface area contributed by atoms with E-state index in [1.807, 2.05) is 6.92 Å². The van der Waals surface area contributed by atoms with Crippen LogP contribution in [0.3, 0.4) is 0 Å². The number of hydrogen-bond donors (Lipinski definition) is 1. The number of nitrogens with zero attached hydrogens (tertiary/aromatic N) is 1. The van der Waals surface area contributed by atoms with Gasteiger partial charge in [0.2, 0.25) is 0 Å². The first kappa shape index (κ1) is 14.8. The maximum Gasteiger partial charge on any atom is 0.266 e. The number of halogens is 2. The molecule has 1 heterocycles. The molecule has 7 heteroatoms. The Morgan fingerprint density at radius 1 is 1.58 bits per heavy atom. The molecule has 1 N–H and O–H groups in total. The molecule has 19 heavy (non-hydrogen) atoms. The van der Waals surface area contributed by atoms with Crippen molar-refractivity contribution in [1.82, 2.24) is 4.90 Å². The molecule has 0 bridgehead atoms. The highest BCUT2D eigenvalue weighted by Gasteiger charge is 2.30. The van der Waals surface area contributed by atoms with E-state index >= 15 is 0 Å². The summed E-state index contributed by atoms with van der Waals surface area (Å²) in [5.74, 6) is -0.0980. The molecule has 2 rings (SSSR count). The molecule has 3 nitrogen and oxygen atoms in total. The van der Waals surface area contributed by atoms with Crippen molar-refractivity contribution in [3.63, 3.8) is 0 Å². The number of likely N-dealkylation sites (N-methyl/N-ethyl adjacent to an activating group) is 1. The fourth-order valence-electron chi connectivity index (χ4n) is 1.61. The zero-order valence-corrected chi connectivity index (χ0v) is 13.8. The summed E-state index contributed by atoms with van der Waals surface area (Å²) >= 11 is 15.5. The topological polar surface area (TPSA) is 40.5 Å². The minimum Gasteiger partial charge on any atom is -0.506 e. The van der Waals surface area contributed by atoms with Crippen LogP contribution in [-0.4, -0.2) is 26.8 Å². The maximum absolute atomic E-state index is 12.1. The van der Waals surface area contributed by atoms with Crippen LogP contribution in [0.4, 0.5) is 0 Å². The molecule has 0 atom stereocenters. The van der Waals surface area contributed by atoms with Crippen molar-refractivity contribution in [2.24, 2.45) is 0 Å². The lowest BCUT2D eigenvalue weighted by molar-refractivity contribution is -0.121. The number of phenolic OH excluding ortho intramolecular Hbond substituents is 1. The lowest BCUT2D eigenvalue weighted by Crippen LogP contribution is -2.27. The number of amides is 1. The predicted octanol–water partition coefficient (Wildman–Crippen LogP) is 4.03. The molecule has 1 aliphatic heterocycles. The van der Waals surface area contributed by atoms with Gasteiger partial charge in [-0.2, -0.15) is 0 Å². The lowest BCUT2D eigenvalue weighted by atomic mass is 10.2. The molecule has 0 spiro atoms. The summed E-state index contributed by atoms with van der Waals surface area (Å²) in [6.07, 6.45) is 1.60. The largest absolute Gasteiger partial charge is 0.506 e. The molecule has 1 aliphatic rings. The van der Waals surface area contributed by atoms with Crippen LogP contribution in [0.15, 0.2) is 21.5 Å². The van der Waals surface area contributed by atoms with Crippen LogP contribution < -0.4 is 0 Å². The highest BCUT2D eigenvalue weighted by atomic mass is 79.9. The number of phenols is 1. The molecule has 1 amide bonds. The molecule has 1 saturated heterocycles. The summed E-state index contributed by atoms with van der Waals surface area (Å²) in [6.45, 7) is 2.40. The van der Waals surface area contributed by atoms with E-state index in [0.717, 1.165) is 0 Å². The summed E-state index contributed by atoms with van der Waals surface area (Å²) in [6, 6.07) is 3.19. The molecule has 0 saturated carbocycles. The van der Waals surface area contributed by atoms with Gasteiger partial charge in [0.25, 0.3) is 5.91 Å². The van der Waals surface area contributed by atoms with Crippen LogP contribution >= 0.6 is 51.5 Å². The van der Waals surface area contributed by atoms with Gasteiger partial charge in [0.15, 0.2) is 0 Å². The number of benzene rings is 1. The molecular weight excluding hydrogens is 370 g/mol. The molecule has 1 aromatic rings. The van der Waals surface area contributed by atoms with Gasteiger partial charge < -0.3 is 5.11 Å². The van der Waals surface area contributed by atoms with Crippen molar-refractivity contribution < 1.29 is 9.90 Å². The first-order chi connectivity index (χ1) is 8.93. The first-order valence-corrected chi connectivity index (χ1v) is 7.77. The quantitative estimate of drug-likeness (QED) is 0.623. The average Bonchev–Trinajstić information content (AvgIpc) is 2.60. The Kier molecular flexibility index (Phi) is 4.55. The number of aromatic hydroxyl groups is 1. The Balaban J connectivity index is 2.43. The van der Waals surface area contributed by atoms with Crippen LogP contribution in [-0.2, 0) is 4.79 Å². The Morgan fingerprint density at radius 2 is 2.26 bits per heavy atom. The lowest BCUT2D eigenvalue weighted by Gasteiger charge is -2.09. The fraction of sp³-hybridized carbons (Fsp3) is 0.167. The molecule has 0 aliphatic carbocycles. The third-order valence-electron chi connectivity index (χ3n) is 2.53. The summed E-state index contributed by atoms with van der Waals surface area (Å²) in [4.78, 5) is 14.1. The first-order valence-electron chi connectivity index (χ1n) is 5.37. The molecule has 0 radical (unpaired) electrons. The van der Waals surface area contributed by atoms with Gasteiger partial charge in [-0.25, -0.2) is 0 Å². The molecule has 100 valence electrons. The number of thioether (sulfide) groups is 1. The van der Waals surface area contributed by atoms with Crippen LogP contribution in [0.25, 0.3) is 6.08 Å². The molecule has 1 aromatic carbocycles. The SMILES string of the molecule is CCN1C(=O)/C(=C/c2cc(Cl)cc(Br)c2O)SC1=S. The van der Waals surface area contributed by atoms with Crippen LogP contribution in [0.1, 0.15) is 12.5 Å². The molecular formula is C12H9BrClNO2S2. The van der Waals surface area contributed by atoms with E-state index < -0.39 is 0 Å². The Hall–Kier alpha value is -0.560. The second-order valence-electron chi connectivity index (χ2n) is 3.75. The van der Waals surface area contributed by atoms with Crippen molar-refractivity contribution in [2.75, 3.05) is 6.54 Å². The van der Waals surface area contributed by atoms with E-state index in [1.54, 1.807) is 18.2 Å². The van der Waals surface area contributed by atoms with Crippen LogP contribution in [0.5, 0.6) is 5.75 Å². The van der Waals surface area contributed by atoms with Crippen molar-refractivity contribution in [3.05, 3.63) is 32.1 Å². The van der Waals surface area contributed by atoms with Crippen molar-refractivity contribution >= 4 is 67.8 Å². The second kappa shape index (κ2) is 5.83. The van der Waals surface area contributed by atoms with Gasteiger partial charge in [-0.3, -0.25) is 9.69 Å². The second-order valence-corrected chi connectivity index (χ2v) is 6.72. The monoisotopic (exact) mass is 377 g/mol. The normalized spacial score (nSPS) is 17.6. The van der Waals surface area contributed by atoms with Gasteiger partial charge in [-0.1, -0.05) is 35.6 Å². The van der Waals surface area contributed by atoms with Gasteiger partial charge in [0.05, 0.1) is 9.38 Å². The van der Waals surface area contributed by atoms with Gasteiger partial charge in [-0.05, 0) is 41.1 Å². The van der Waals surface area contributed by atoms with Gasteiger partial charge >= 0.3 is 0 Å². The van der Waals surface area contributed by atoms with E-state index in [2.05, 4.69) is 15.9 Å². The highest BCUT2D eigenvalue weighted by molar-refractivity contribution is 9.10. The number of carbonyl (C=O) groups excluding carboxylic acids is 1. The fourth-order valence-corrected chi connectivity index (χ4v) is 3.82. The number of hydrogen-bond acceptors (Lipinski definition) is 4. The van der Waals surface area contributed by atoms with Crippen molar-refractivity contribution in [1.29, 1.82) is 0 Å². The Bertz CT molecular complexity index is 604. The standard InChI is InChI=1S/C12H9BrClNO2S2/c1-2-15-11(17)9(19-12(15)18)4-6-3-7(14)5-8(13)10(6)16/h3-5,16H,2H2,1H3/b9-4-. The third-order valence-corrected chi connectivity index (χ3v) is 4.73. The van der Waals surface area contributed by atoms with Crippen molar-refractivity contribution in [3.8, 4) is 5.75 Å². The smallest absolute Gasteiger partial charge is 0.266 e. The summed E-state index contributed by atoms with van der Waals surface area (Å²) in [5, 5.41) is 10.4. The van der Waals surface area contributed by atoms with Crippen LogP contribution in [0, 0.1) is 0 Å². The number of carbonyl (C=O) groups is 1. The van der Waals surface area contributed by atoms with E-state index in [-0.39, 0.29) is 11.7 Å². The van der Waals surface area contributed by atoms with Gasteiger partial charge in [0.1, 0.15) is 10.1 Å². The zero-order valence-electron chi connectivity index (χ0n) is 9.81. The highest BCUT2D eigenvalue weighted by Crippen LogP contribution is 2.37. The Morgan fingerprint density at radius 3 is 2.84 bits per heavy atom. The van der Waals surface area contributed by atoms with E-state index in [9.17, 15) is 9.90 Å². The minimum atomic E-state index is -0.145. The zero-order chi connectivity index (χ0) is 14.2. The minimum absolute atomic E-state index is 0.0474. The van der Waals surface area contributed by atoms with Gasteiger partial charge in [0, 0.05) is 17.1 Å². The molecule has 0 aromatic heterocycles. The number of thiocarbonyl (C=S) groups is 1. The molecule has 0 unspecified atom stereocenters. The van der Waals surface area contributed by atoms with E-state index in [0.29, 0.717) is 30.8 Å². The van der Waals surface area contributed by atoms with E-state index in [1.165, 1.54) is 16.7 Å². The van der Waals surface area contributed by atoms with Crippen molar-refractivity contribution in [2.45, 2.75) is 6.92 Å². The maximum atomic E-state index is 12.1. The summed E-state index contributed by atoms with van der Waals surface area (Å²) in [5.41, 5.74) is 0.482. The number of rotatable bonds is 2. The predicted molar refractivity (Wildman–Crippen MR) is 86.4 cm³/mol. The van der Waals surface area contributed by atoms with E-state index in [4.69, 9.17) is 23.8 Å². The summed E-state index contributed by atoms with van der Waals surface area (Å²) < 4.78 is 1.01. The van der Waals surface area contributed by atoms with Crippen LogP contribution in [0.2, 0.25) is 5.02 Å². The van der Waals surface area contributed by atoms with Gasteiger partial charge in [-0.15, -0.1) is 0 Å². The summed E-state index contributed by atoms with van der Waals surface area (Å²) in [7, 11) is 0. The average molecular weight is 379 g/mol. The third kappa shape index (κ3) is 2.97. The Labute approximate surface area is 133 Å². The molecule has 1 fully saturated rings.